The van der Waals surface area contributed by atoms with Crippen LogP contribution in [0.15, 0.2) is 193 Å². The van der Waals surface area contributed by atoms with Crippen LogP contribution in [0.5, 0.6) is 0 Å². The maximum absolute atomic E-state index is 6.36. The fraction of sp³-hybridized carbons (Fsp3) is 0. The number of nitrogens with zero attached hydrogens (tertiary/aromatic N) is 7. The lowest BCUT2D eigenvalue weighted by Gasteiger charge is -2.12. The van der Waals surface area contributed by atoms with Crippen LogP contribution in [-0.2, 0) is 0 Å². The van der Waals surface area contributed by atoms with Crippen LogP contribution in [0, 0.1) is 0 Å². The van der Waals surface area contributed by atoms with E-state index in [0.717, 1.165) is 60.7 Å². The Morgan fingerprint density at radius 2 is 0.950 bits per heavy atom. The van der Waals surface area contributed by atoms with Crippen LogP contribution in [0.1, 0.15) is 0 Å². The van der Waals surface area contributed by atoms with Crippen molar-refractivity contribution in [3.05, 3.63) is 188 Å². The fourth-order valence-corrected chi connectivity index (χ4v) is 8.24. The van der Waals surface area contributed by atoms with Gasteiger partial charge in [0.25, 0.3) is 0 Å². The third kappa shape index (κ3) is 5.61. The molecule has 0 spiro atoms. The lowest BCUT2D eigenvalue weighted by atomic mass is 10.0. The van der Waals surface area contributed by atoms with Gasteiger partial charge in [-0.3, -0.25) is 0 Å². The van der Waals surface area contributed by atoms with Crippen LogP contribution in [0.25, 0.3) is 117 Å². The third-order valence-electron chi connectivity index (χ3n) is 11.1. The van der Waals surface area contributed by atoms with Gasteiger partial charge in [0.1, 0.15) is 11.2 Å². The summed E-state index contributed by atoms with van der Waals surface area (Å²) in [4.78, 5) is 29.9. The van der Waals surface area contributed by atoms with Gasteiger partial charge in [0.15, 0.2) is 28.9 Å². The van der Waals surface area contributed by atoms with Crippen LogP contribution in [0.3, 0.4) is 0 Å². The molecule has 0 aliphatic heterocycles. The van der Waals surface area contributed by atoms with Crippen molar-refractivity contribution < 1.29 is 4.42 Å². The molecule has 60 heavy (non-hydrogen) atoms. The molecular weight excluding hydrogens is 739 g/mol. The van der Waals surface area contributed by atoms with Crippen molar-refractivity contribution in [2.24, 2.45) is 0 Å². The monoisotopic (exact) mass is 769 g/mol. The number of rotatable bonds is 6. The highest BCUT2D eigenvalue weighted by Gasteiger charge is 2.20. The van der Waals surface area contributed by atoms with E-state index in [1.807, 2.05) is 78.9 Å². The summed E-state index contributed by atoms with van der Waals surface area (Å²) in [6.07, 6.45) is 1.73. The van der Waals surface area contributed by atoms with Crippen LogP contribution < -0.4 is 0 Å². The number of para-hydroxylation sites is 2. The standard InChI is InChI=1S/C52H31N7O/c1-2-13-34(14-3-1)48-56-49(58-51(57-48)37-16-10-17-39(31-37)59-43-21-8-6-18-40(43)41-19-7-9-22-44(41)59)35-26-24-33(25-27-35)45-47-46(42-20-11-29-53-52(42)60-47)55-50(54-45)38-28-23-32-12-4-5-15-36(32)30-38/h1-31H. The molecule has 0 saturated carbocycles. The quantitative estimate of drug-likeness (QED) is 0.166. The zero-order valence-corrected chi connectivity index (χ0v) is 31.9. The van der Waals surface area contributed by atoms with E-state index in [9.17, 15) is 0 Å². The van der Waals surface area contributed by atoms with E-state index in [4.69, 9.17) is 29.3 Å². The lowest BCUT2D eigenvalue weighted by Crippen LogP contribution is -2.01. The van der Waals surface area contributed by atoms with Crippen LogP contribution in [0.4, 0.5) is 0 Å². The molecule has 280 valence electrons. The summed E-state index contributed by atoms with van der Waals surface area (Å²) in [5, 5.41) is 5.53. The number of fused-ring (bicyclic) bond motifs is 7. The molecule has 5 aromatic heterocycles. The highest BCUT2D eigenvalue weighted by molar-refractivity contribution is 6.09. The van der Waals surface area contributed by atoms with Crippen molar-refractivity contribution in [3.8, 4) is 62.5 Å². The summed E-state index contributed by atoms with van der Waals surface area (Å²) in [5.74, 6) is 2.34. The Bertz CT molecular complexity index is 3560. The van der Waals surface area contributed by atoms with E-state index in [1.165, 1.54) is 10.8 Å². The highest BCUT2D eigenvalue weighted by atomic mass is 16.3. The Morgan fingerprint density at radius 1 is 0.383 bits per heavy atom. The van der Waals surface area contributed by atoms with E-state index in [1.54, 1.807) is 6.20 Å². The first-order valence-electron chi connectivity index (χ1n) is 19.8. The Hall–Kier alpha value is -8.36. The first-order chi connectivity index (χ1) is 29.7. The maximum Gasteiger partial charge on any atom is 0.229 e. The molecule has 0 amide bonds. The van der Waals surface area contributed by atoms with Crippen molar-refractivity contribution in [2.75, 3.05) is 0 Å². The van der Waals surface area contributed by atoms with E-state index >= 15 is 0 Å². The van der Waals surface area contributed by atoms with Crippen molar-refractivity contribution in [2.45, 2.75) is 0 Å². The van der Waals surface area contributed by atoms with Crippen molar-refractivity contribution >= 4 is 54.8 Å². The second-order valence-corrected chi connectivity index (χ2v) is 14.8. The first-order valence-corrected chi connectivity index (χ1v) is 19.8. The second kappa shape index (κ2) is 13.6. The molecule has 8 heteroatoms. The highest BCUT2D eigenvalue weighted by Crippen LogP contribution is 2.37. The minimum atomic E-state index is 0.517. The van der Waals surface area contributed by atoms with E-state index < -0.39 is 0 Å². The van der Waals surface area contributed by atoms with E-state index in [-0.39, 0.29) is 0 Å². The third-order valence-corrected chi connectivity index (χ3v) is 11.1. The van der Waals surface area contributed by atoms with Gasteiger partial charge in [-0.05, 0) is 53.2 Å². The molecule has 0 aliphatic carbocycles. The predicted octanol–water partition coefficient (Wildman–Crippen LogP) is 12.5. The number of furan rings is 1. The molecule has 0 bridgehead atoms. The van der Waals surface area contributed by atoms with Crippen LogP contribution in [0.2, 0.25) is 0 Å². The Labute approximate surface area is 343 Å². The summed E-state index contributed by atoms with van der Waals surface area (Å²) in [6, 6.07) is 62.1. The van der Waals surface area contributed by atoms with Crippen molar-refractivity contribution in [3.63, 3.8) is 0 Å². The van der Waals surface area contributed by atoms with E-state index in [2.05, 4.69) is 113 Å². The molecular formula is C52H31N7O. The zero-order chi connectivity index (χ0) is 39.6. The minimum absolute atomic E-state index is 0.517. The zero-order valence-electron chi connectivity index (χ0n) is 31.9. The number of benzene rings is 7. The average Bonchev–Trinajstić information content (AvgIpc) is 3.87. The Morgan fingerprint density at radius 3 is 1.72 bits per heavy atom. The maximum atomic E-state index is 6.36. The molecule has 12 rings (SSSR count). The SMILES string of the molecule is c1ccc(-c2nc(-c3ccc(-c4nc(-c5ccc6ccccc6c5)nc5c4oc4ncccc45)cc3)nc(-c3cccc(-n4c5ccccc5c5ccccc54)c3)n2)cc1. The molecule has 0 unspecified atom stereocenters. The predicted molar refractivity (Wildman–Crippen MR) is 240 cm³/mol. The van der Waals surface area contributed by atoms with Gasteiger partial charge >= 0.3 is 0 Å². The van der Waals surface area contributed by atoms with Gasteiger partial charge < -0.3 is 8.98 Å². The number of pyridine rings is 1. The molecule has 0 saturated heterocycles. The summed E-state index contributed by atoms with van der Waals surface area (Å²) in [7, 11) is 0. The van der Waals surface area contributed by atoms with Crippen LogP contribution in [-0.4, -0.2) is 34.5 Å². The van der Waals surface area contributed by atoms with Crippen LogP contribution >= 0.6 is 0 Å². The second-order valence-electron chi connectivity index (χ2n) is 14.8. The molecule has 0 radical (unpaired) electrons. The molecule has 8 nitrogen and oxygen atoms in total. The largest absolute Gasteiger partial charge is 0.434 e. The minimum Gasteiger partial charge on any atom is -0.434 e. The summed E-state index contributed by atoms with van der Waals surface area (Å²) < 4.78 is 8.66. The van der Waals surface area contributed by atoms with Gasteiger partial charge in [-0.25, -0.2) is 29.9 Å². The smallest absolute Gasteiger partial charge is 0.229 e. The average molecular weight is 770 g/mol. The van der Waals surface area contributed by atoms with Crippen molar-refractivity contribution in [1.29, 1.82) is 0 Å². The molecule has 12 aromatic rings. The fourth-order valence-electron chi connectivity index (χ4n) is 8.24. The topological polar surface area (TPSA) is 95.4 Å². The number of hydrogen-bond acceptors (Lipinski definition) is 7. The number of hydrogen-bond donors (Lipinski definition) is 0. The van der Waals surface area contributed by atoms with Gasteiger partial charge in [0, 0.05) is 50.5 Å². The molecule has 0 aliphatic rings. The van der Waals surface area contributed by atoms with Gasteiger partial charge in [-0.1, -0.05) is 140 Å². The molecule has 7 aromatic carbocycles. The summed E-state index contributed by atoms with van der Waals surface area (Å²) in [6.45, 7) is 0. The lowest BCUT2D eigenvalue weighted by molar-refractivity contribution is 0.652. The molecule has 5 heterocycles. The summed E-state index contributed by atoms with van der Waals surface area (Å²) >= 11 is 0. The van der Waals surface area contributed by atoms with Gasteiger partial charge in [0.2, 0.25) is 5.71 Å². The van der Waals surface area contributed by atoms with Gasteiger partial charge in [-0.15, -0.1) is 0 Å². The Balaban J connectivity index is 0.985. The number of aromatic nitrogens is 7. The van der Waals surface area contributed by atoms with Gasteiger partial charge in [0.05, 0.1) is 16.4 Å². The Kier molecular flexibility index (Phi) is 7.67. The molecule has 0 N–H and O–H groups in total. The summed E-state index contributed by atoms with van der Waals surface area (Å²) in [5.41, 5.74) is 10.2. The normalized spacial score (nSPS) is 11.7. The van der Waals surface area contributed by atoms with Crippen molar-refractivity contribution in [1.82, 2.24) is 34.5 Å². The van der Waals surface area contributed by atoms with E-state index in [0.29, 0.717) is 45.8 Å². The molecule has 0 atom stereocenters. The first kappa shape index (κ1) is 33.7. The van der Waals surface area contributed by atoms with Gasteiger partial charge in [-0.2, -0.15) is 0 Å². The molecule has 0 fully saturated rings.